The molecule has 1 aliphatic rings. The molecule has 0 spiro atoms. The first-order chi connectivity index (χ1) is 7.31. The maximum Gasteiger partial charge on any atom is 0.295 e. The van der Waals surface area contributed by atoms with Gasteiger partial charge in [-0.25, -0.2) is 0 Å². The Kier molecular flexibility index (Phi) is 1.80. The molecule has 0 aliphatic heterocycles. The Balaban J connectivity index is 1.84. The minimum Gasteiger partial charge on any atom is -0.423 e. The predicted molar refractivity (Wildman–Crippen MR) is 59.6 cm³/mol. The third-order valence-corrected chi connectivity index (χ3v) is 2.65. The molecule has 15 heavy (non-hydrogen) atoms. The molecule has 1 saturated carbocycles. The van der Waals surface area contributed by atoms with Crippen molar-refractivity contribution in [2.45, 2.75) is 12.8 Å². The quantitative estimate of drug-likeness (QED) is 0.751. The van der Waals surface area contributed by atoms with Gasteiger partial charge in [0.25, 0.3) is 6.01 Å². The van der Waals surface area contributed by atoms with Crippen molar-refractivity contribution in [1.29, 1.82) is 0 Å². The Hall–Kier alpha value is -1.71. The lowest BCUT2D eigenvalue weighted by Gasteiger charge is -1.96. The van der Waals surface area contributed by atoms with Gasteiger partial charge in [-0.2, -0.15) is 4.98 Å². The van der Waals surface area contributed by atoms with E-state index in [9.17, 15) is 0 Å². The van der Waals surface area contributed by atoms with E-state index in [1.54, 1.807) is 6.07 Å². The first-order valence-corrected chi connectivity index (χ1v) is 5.21. The smallest absolute Gasteiger partial charge is 0.295 e. The summed E-state index contributed by atoms with van der Waals surface area (Å²) in [5, 5.41) is 3.20. The summed E-state index contributed by atoms with van der Waals surface area (Å²) in [7, 11) is 0. The molecular weight excluding hydrogens is 190 g/mol. The molecule has 1 aromatic carbocycles. The zero-order valence-electron chi connectivity index (χ0n) is 8.36. The van der Waals surface area contributed by atoms with Gasteiger partial charge in [0, 0.05) is 18.3 Å². The van der Waals surface area contributed by atoms with E-state index in [2.05, 4.69) is 10.3 Å². The molecule has 4 heteroatoms. The zero-order chi connectivity index (χ0) is 10.3. The summed E-state index contributed by atoms with van der Waals surface area (Å²) in [4.78, 5) is 4.32. The Morgan fingerprint density at radius 2 is 2.33 bits per heavy atom. The van der Waals surface area contributed by atoms with Crippen LogP contribution in [0.5, 0.6) is 0 Å². The molecule has 1 aliphatic carbocycles. The van der Waals surface area contributed by atoms with Crippen LogP contribution in [-0.2, 0) is 0 Å². The number of fused-ring (bicyclic) bond motifs is 1. The molecule has 0 bridgehead atoms. The maximum absolute atomic E-state index is 5.66. The third kappa shape index (κ3) is 1.75. The molecule has 0 radical (unpaired) electrons. The fraction of sp³-hybridized carbons (Fsp3) is 0.364. The lowest BCUT2D eigenvalue weighted by Crippen LogP contribution is -2.02. The fourth-order valence-corrected chi connectivity index (χ4v) is 1.57. The summed E-state index contributed by atoms with van der Waals surface area (Å²) in [6.45, 7) is 0.961. The molecule has 3 rings (SSSR count). The van der Waals surface area contributed by atoms with Gasteiger partial charge >= 0.3 is 0 Å². The van der Waals surface area contributed by atoms with Gasteiger partial charge in [0.05, 0.1) is 0 Å². The van der Waals surface area contributed by atoms with E-state index in [-0.39, 0.29) is 0 Å². The molecule has 4 nitrogen and oxygen atoms in total. The number of nitrogens with zero attached hydrogens (tertiary/aromatic N) is 1. The minimum atomic E-state index is 0.600. The Morgan fingerprint density at radius 1 is 1.47 bits per heavy atom. The molecular formula is C11H13N3O. The molecule has 0 unspecified atom stereocenters. The van der Waals surface area contributed by atoms with Crippen LogP contribution >= 0.6 is 0 Å². The number of nitrogen functional groups attached to an aromatic ring is 1. The van der Waals surface area contributed by atoms with Crippen molar-refractivity contribution >= 4 is 22.8 Å². The van der Waals surface area contributed by atoms with Crippen molar-refractivity contribution in [1.82, 2.24) is 4.98 Å². The summed E-state index contributed by atoms with van der Waals surface area (Å²) in [5.74, 6) is 0.810. The van der Waals surface area contributed by atoms with Gasteiger partial charge in [-0.1, -0.05) is 0 Å². The molecule has 0 atom stereocenters. The summed E-state index contributed by atoms with van der Waals surface area (Å²) < 4.78 is 5.52. The average Bonchev–Trinajstić information content (AvgIpc) is 2.95. The third-order valence-electron chi connectivity index (χ3n) is 2.65. The second kappa shape index (κ2) is 3.15. The highest BCUT2D eigenvalue weighted by Crippen LogP contribution is 2.29. The number of anilines is 2. The Labute approximate surface area is 87.5 Å². The molecule has 1 fully saturated rings. The van der Waals surface area contributed by atoms with Crippen LogP contribution < -0.4 is 11.1 Å². The number of hydrogen-bond acceptors (Lipinski definition) is 4. The van der Waals surface area contributed by atoms with Crippen molar-refractivity contribution in [3.05, 3.63) is 18.2 Å². The van der Waals surface area contributed by atoms with Crippen molar-refractivity contribution in [3.63, 3.8) is 0 Å². The summed E-state index contributed by atoms with van der Waals surface area (Å²) >= 11 is 0. The standard InChI is InChI=1S/C11H13N3O/c12-8-3-4-9-10(5-8)15-11(14-9)13-6-7-1-2-7/h3-5,7H,1-2,6,12H2,(H,13,14). The lowest BCUT2D eigenvalue weighted by atomic mass is 10.3. The number of nitrogens with two attached hydrogens (primary N) is 1. The number of hydrogen-bond donors (Lipinski definition) is 2. The first kappa shape index (κ1) is 8.59. The normalized spacial score (nSPS) is 15.7. The average molecular weight is 203 g/mol. The van der Waals surface area contributed by atoms with Gasteiger partial charge in [-0.15, -0.1) is 0 Å². The van der Waals surface area contributed by atoms with Gasteiger partial charge in [-0.3, -0.25) is 0 Å². The summed E-state index contributed by atoms with van der Waals surface area (Å²) in [6.07, 6.45) is 2.64. The highest BCUT2D eigenvalue weighted by molar-refractivity contribution is 5.78. The number of nitrogens with one attached hydrogen (secondary N) is 1. The van der Waals surface area contributed by atoms with E-state index < -0.39 is 0 Å². The van der Waals surface area contributed by atoms with E-state index >= 15 is 0 Å². The molecule has 1 aromatic heterocycles. The zero-order valence-corrected chi connectivity index (χ0v) is 8.36. The maximum atomic E-state index is 5.66. The highest BCUT2D eigenvalue weighted by Gasteiger charge is 2.21. The first-order valence-electron chi connectivity index (χ1n) is 5.21. The number of benzene rings is 1. The molecule has 0 amide bonds. The van der Waals surface area contributed by atoms with Gasteiger partial charge in [0.15, 0.2) is 5.58 Å². The topological polar surface area (TPSA) is 64.1 Å². The number of oxazole rings is 1. The van der Waals surface area contributed by atoms with Crippen LogP contribution in [0.4, 0.5) is 11.7 Å². The van der Waals surface area contributed by atoms with Crippen molar-refractivity contribution < 1.29 is 4.42 Å². The molecule has 0 saturated heterocycles. The van der Waals surface area contributed by atoms with Crippen LogP contribution in [0.2, 0.25) is 0 Å². The van der Waals surface area contributed by atoms with Crippen LogP contribution in [0.3, 0.4) is 0 Å². The summed E-state index contributed by atoms with van der Waals surface area (Å²) in [5.41, 5.74) is 7.95. The monoisotopic (exact) mass is 203 g/mol. The second-order valence-electron chi connectivity index (χ2n) is 4.07. The van der Waals surface area contributed by atoms with Crippen molar-refractivity contribution in [2.75, 3.05) is 17.6 Å². The fourth-order valence-electron chi connectivity index (χ4n) is 1.57. The number of rotatable bonds is 3. The van der Waals surface area contributed by atoms with Crippen molar-refractivity contribution in [3.8, 4) is 0 Å². The highest BCUT2D eigenvalue weighted by atomic mass is 16.4. The summed E-state index contributed by atoms with van der Waals surface area (Å²) in [6, 6.07) is 6.10. The van der Waals surface area contributed by atoms with E-state index in [1.165, 1.54) is 12.8 Å². The molecule has 3 N–H and O–H groups in total. The van der Waals surface area contributed by atoms with Crippen LogP contribution in [0.1, 0.15) is 12.8 Å². The predicted octanol–water partition coefficient (Wildman–Crippen LogP) is 2.23. The van der Waals surface area contributed by atoms with E-state index in [0.29, 0.717) is 11.7 Å². The van der Waals surface area contributed by atoms with Gasteiger partial charge < -0.3 is 15.5 Å². The van der Waals surface area contributed by atoms with Crippen LogP contribution in [-0.4, -0.2) is 11.5 Å². The lowest BCUT2D eigenvalue weighted by molar-refractivity contribution is 0.611. The van der Waals surface area contributed by atoms with Gasteiger partial charge in [0.1, 0.15) is 5.52 Å². The molecule has 2 aromatic rings. The second-order valence-corrected chi connectivity index (χ2v) is 4.07. The minimum absolute atomic E-state index is 0.600. The van der Waals surface area contributed by atoms with Crippen LogP contribution in [0.25, 0.3) is 11.1 Å². The number of aromatic nitrogens is 1. The van der Waals surface area contributed by atoms with Crippen LogP contribution in [0, 0.1) is 5.92 Å². The van der Waals surface area contributed by atoms with Crippen molar-refractivity contribution in [2.24, 2.45) is 5.92 Å². The Morgan fingerprint density at radius 3 is 3.13 bits per heavy atom. The molecule has 78 valence electrons. The molecule has 1 heterocycles. The van der Waals surface area contributed by atoms with E-state index in [4.69, 9.17) is 10.2 Å². The largest absolute Gasteiger partial charge is 0.423 e. The van der Waals surface area contributed by atoms with Gasteiger partial charge in [0.2, 0.25) is 0 Å². The van der Waals surface area contributed by atoms with E-state index in [0.717, 1.165) is 23.6 Å². The Bertz CT molecular complexity index is 488. The SMILES string of the molecule is Nc1ccc2nc(NCC3CC3)oc2c1. The van der Waals surface area contributed by atoms with E-state index in [1.807, 2.05) is 12.1 Å². The van der Waals surface area contributed by atoms with Gasteiger partial charge in [-0.05, 0) is 30.9 Å². The van der Waals surface area contributed by atoms with Crippen LogP contribution in [0.15, 0.2) is 22.6 Å².